The zero-order chi connectivity index (χ0) is 11.7. The third-order valence-electron chi connectivity index (χ3n) is 2.58. The molecule has 17 heavy (non-hydrogen) atoms. The molecule has 0 aliphatic carbocycles. The molecule has 3 rings (SSSR count). The maximum absolute atomic E-state index is 12.0. The highest BCUT2D eigenvalue weighted by molar-refractivity contribution is 6.08. The molecule has 4 nitrogen and oxygen atoms in total. The molecule has 0 radical (unpaired) electrons. The van der Waals surface area contributed by atoms with Crippen LogP contribution in [0.5, 0.6) is 0 Å². The van der Waals surface area contributed by atoms with Gasteiger partial charge in [-0.15, -0.1) is 0 Å². The van der Waals surface area contributed by atoms with Gasteiger partial charge in [0, 0.05) is 29.5 Å². The molecule has 0 bridgehead atoms. The lowest BCUT2D eigenvalue weighted by molar-refractivity contribution is 0.103. The highest BCUT2D eigenvalue weighted by Crippen LogP contribution is 2.15. The molecule has 0 aliphatic rings. The number of aromatic amines is 1. The first-order chi connectivity index (χ1) is 8.34. The second-order valence-corrected chi connectivity index (χ2v) is 3.68. The molecule has 2 aromatic heterocycles. The van der Waals surface area contributed by atoms with E-state index in [9.17, 15) is 4.79 Å². The molecule has 2 heterocycles. The van der Waals surface area contributed by atoms with Crippen molar-refractivity contribution in [1.82, 2.24) is 15.0 Å². The Labute approximate surface area is 97.3 Å². The summed E-state index contributed by atoms with van der Waals surface area (Å²) >= 11 is 0. The highest BCUT2D eigenvalue weighted by atomic mass is 16.1. The fourth-order valence-electron chi connectivity index (χ4n) is 1.74. The first-order valence-corrected chi connectivity index (χ1v) is 5.23. The molecule has 0 saturated carbocycles. The number of carbonyl (C=O) groups is 1. The lowest BCUT2D eigenvalue weighted by Crippen LogP contribution is -2.03. The number of fused-ring (bicyclic) bond motifs is 1. The van der Waals surface area contributed by atoms with Crippen LogP contribution < -0.4 is 0 Å². The van der Waals surface area contributed by atoms with E-state index >= 15 is 0 Å². The van der Waals surface area contributed by atoms with Gasteiger partial charge in [0.05, 0.1) is 5.52 Å². The summed E-state index contributed by atoms with van der Waals surface area (Å²) in [4.78, 5) is 23.0. The van der Waals surface area contributed by atoms with Crippen LogP contribution in [0.15, 0.2) is 48.9 Å². The third-order valence-corrected chi connectivity index (χ3v) is 2.58. The Hall–Kier alpha value is -2.49. The van der Waals surface area contributed by atoms with Crippen molar-refractivity contribution in [3.05, 3.63) is 60.3 Å². The van der Waals surface area contributed by atoms with Crippen LogP contribution in [-0.4, -0.2) is 20.7 Å². The molecule has 0 aliphatic heterocycles. The zero-order valence-electron chi connectivity index (χ0n) is 8.92. The molecule has 1 aromatic carbocycles. The Morgan fingerprint density at radius 1 is 1.12 bits per heavy atom. The maximum atomic E-state index is 12.0. The number of nitrogens with zero attached hydrogens (tertiary/aromatic N) is 2. The Kier molecular flexibility index (Phi) is 2.19. The van der Waals surface area contributed by atoms with Gasteiger partial charge in [-0.05, 0) is 24.3 Å². The number of H-pyrrole nitrogens is 1. The number of benzene rings is 1. The highest BCUT2D eigenvalue weighted by Gasteiger charge is 2.11. The van der Waals surface area contributed by atoms with Gasteiger partial charge in [0.1, 0.15) is 0 Å². The molecule has 0 fully saturated rings. The monoisotopic (exact) mass is 223 g/mol. The third kappa shape index (κ3) is 1.69. The average Bonchev–Trinajstić information content (AvgIpc) is 2.91. The Morgan fingerprint density at radius 3 is 2.88 bits per heavy atom. The Morgan fingerprint density at radius 2 is 2.06 bits per heavy atom. The van der Waals surface area contributed by atoms with E-state index < -0.39 is 0 Å². The fourth-order valence-corrected chi connectivity index (χ4v) is 1.74. The summed E-state index contributed by atoms with van der Waals surface area (Å²) in [6.07, 6.45) is 4.93. The number of rotatable bonds is 2. The van der Waals surface area contributed by atoms with Crippen LogP contribution >= 0.6 is 0 Å². The second kappa shape index (κ2) is 3.83. The van der Waals surface area contributed by atoms with E-state index in [4.69, 9.17) is 0 Å². The van der Waals surface area contributed by atoms with E-state index in [0.717, 1.165) is 10.9 Å². The number of hydrogen-bond donors (Lipinski definition) is 1. The largest absolute Gasteiger partial charge is 0.342 e. The lowest BCUT2D eigenvalue weighted by atomic mass is 10.1. The van der Waals surface area contributed by atoms with Crippen LogP contribution in [0.1, 0.15) is 16.2 Å². The molecular formula is C13H9N3O. The minimum Gasteiger partial charge on any atom is -0.342 e. The Balaban J connectivity index is 2.09. The average molecular weight is 223 g/mol. The molecule has 0 atom stereocenters. The standard InChI is InChI=1S/C13H9N3O/c17-12(13-15-6-7-16-13)10-3-4-11-9(8-10)2-1-5-14-11/h1-8H,(H,15,16). The van der Waals surface area contributed by atoms with Gasteiger partial charge in [0.25, 0.3) is 0 Å². The smallest absolute Gasteiger partial charge is 0.228 e. The van der Waals surface area contributed by atoms with Crippen molar-refractivity contribution in [2.45, 2.75) is 0 Å². The van der Waals surface area contributed by atoms with E-state index in [1.165, 1.54) is 0 Å². The number of hydrogen-bond acceptors (Lipinski definition) is 3. The van der Waals surface area contributed by atoms with Crippen molar-refractivity contribution < 1.29 is 4.79 Å². The summed E-state index contributed by atoms with van der Waals surface area (Å²) in [5, 5.41) is 0.949. The first-order valence-electron chi connectivity index (χ1n) is 5.23. The van der Waals surface area contributed by atoms with Crippen molar-refractivity contribution in [2.75, 3.05) is 0 Å². The molecule has 0 saturated heterocycles. The summed E-state index contributed by atoms with van der Waals surface area (Å²) in [5.41, 5.74) is 1.49. The number of pyridine rings is 1. The molecule has 0 unspecified atom stereocenters. The van der Waals surface area contributed by atoms with Crippen molar-refractivity contribution >= 4 is 16.7 Å². The summed E-state index contributed by atoms with van der Waals surface area (Å²) in [7, 11) is 0. The van der Waals surface area contributed by atoms with Crippen molar-refractivity contribution in [3.63, 3.8) is 0 Å². The molecule has 0 spiro atoms. The minimum absolute atomic E-state index is 0.110. The zero-order valence-corrected chi connectivity index (χ0v) is 8.92. The predicted octanol–water partition coefficient (Wildman–Crippen LogP) is 2.19. The van der Waals surface area contributed by atoms with E-state index in [0.29, 0.717) is 11.4 Å². The summed E-state index contributed by atoms with van der Waals surface area (Å²) < 4.78 is 0. The molecule has 0 amide bonds. The van der Waals surface area contributed by atoms with Gasteiger partial charge in [0.2, 0.25) is 5.78 Å². The van der Waals surface area contributed by atoms with Crippen LogP contribution in [0.3, 0.4) is 0 Å². The predicted molar refractivity (Wildman–Crippen MR) is 63.8 cm³/mol. The van der Waals surface area contributed by atoms with Crippen LogP contribution in [0.25, 0.3) is 10.9 Å². The Bertz CT molecular complexity index is 674. The second-order valence-electron chi connectivity index (χ2n) is 3.68. The SMILES string of the molecule is O=C(c1ccc2ncccc2c1)c1ncc[nH]1. The summed E-state index contributed by atoms with van der Waals surface area (Å²) in [6, 6.07) is 9.21. The first kappa shape index (κ1) is 9.72. The van der Waals surface area contributed by atoms with Crippen molar-refractivity contribution in [1.29, 1.82) is 0 Å². The van der Waals surface area contributed by atoms with Crippen LogP contribution in [0, 0.1) is 0 Å². The molecule has 3 aromatic rings. The number of carbonyl (C=O) groups excluding carboxylic acids is 1. The molecule has 4 heteroatoms. The number of ketones is 1. The summed E-state index contributed by atoms with van der Waals surface area (Å²) in [5.74, 6) is 0.244. The summed E-state index contributed by atoms with van der Waals surface area (Å²) in [6.45, 7) is 0. The van der Waals surface area contributed by atoms with E-state index in [1.54, 1.807) is 24.7 Å². The van der Waals surface area contributed by atoms with Crippen LogP contribution in [-0.2, 0) is 0 Å². The lowest BCUT2D eigenvalue weighted by Gasteiger charge is -2.00. The van der Waals surface area contributed by atoms with Gasteiger partial charge in [-0.1, -0.05) is 6.07 Å². The number of imidazole rings is 1. The topological polar surface area (TPSA) is 58.6 Å². The maximum Gasteiger partial charge on any atom is 0.228 e. The van der Waals surface area contributed by atoms with Crippen LogP contribution in [0.2, 0.25) is 0 Å². The van der Waals surface area contributed by atoms with E-state index in [2.05, 4.69) is 15.0 Å². The molecule has 82 valence electrons. The van der Waals surface area contributed by atoms with Crippen molar-refractivity contribution in [2.24, 2.45) is 0 Å². The van der Waals surface area contributed by atoms with Gasteiger partial charge >= 0.3 is 0 Å². The van der Waals surface area contributed by atoms with Gasteiger partial charge in [-0.2, -0.15) is 0 Å². The number of aromatic nitrogens is 3. The quantitative estimate of drug-likeness (QED) is 0.677. The van der Waals surface area contributed by atoms with Gasteiger partial charge in [-0.3, -0.25) is 9.78 Å². The van der Waals surface area contributed by atoms with Gasteiger partial charge in [-0.25, -0.2) is 4.98 Å². The normalized spacial score (nSPS) is 10.6. The van der Waals surface area contributed by atoms with Crippen molar-refractivity contribution in [3.8, 4) is 0 Å². The number of nitrogens with one attached hydrogen (secondary N) is 1. The van der Waals surface area contributed by atoms with Crippen LogP contribution in [0.4, 0.5) is 0 Å². The molecule has 1 N–H and O–H groups in total. The van der Waals surface area contributed by atoms with E-state index in [-0.39, 0.29) is 5.78 Å². The fraction of sp³-hybridized carbons (Fsp3) is 0. The minimum atomic E-state index is -0.110. The van der Waals surface area contributed by atoms with E-state index in [1.807, 2.05) is 24.3 Å². The molecular weight excluding hydrogens is 214 g/mol. The van der Waals surface area contributed by atoms with Gasteiger partial charge < -0.3 is 4.98 Å². The van der Waals surface area contributed by atoms with Gasteiger partial charge in [0.15, 0.2) is 5.82 Å².